The predicted octanol–water partition coefficient (Wildman–Crippen LogP) is 3.12. The zero-order valence-corrected chi connectivity index (χ0v) is 12.7. The summed E-state index contributed by atoms with van der Waals surface area (Å²) in [5, 5.41) is 3.56. The highest BCUT2D eigenvalue weighted by molar-refractivity contribution is 7.84. The van der Waals surface area contributed by atoms with E-state index in [0.29, 0.717) is 5.75 Å². The lowest BCUT2D eigenvalue weighted by molar-refractivity contribution is 0.410. The van der Waals surface area contributed by atoms with Crippen molar-refractivity contribution in [1.29, 1.82) is 0 Å². The van der Waals surface area contributed by atoms with E-state index in [9.17, 15) is 4.21 Å². The summed E-state index contributed by atoms with van der Waals surface area (Å²) in [5.41, 5.74) is 1.17. The number of benzene rings is 1. The highest BCUT2D eigenvalue weighted by Crippen LogP contribution is 2.23. The molecule has 2 aromatic rings. The van der Waals surface area contributed by atoms with Crippen molar-refractivity contribution in [3.8, 4) is 0 Å². The highest BCUT2D eigenvalue weighted by Gasteiger charge is 2.18. The van der Waals surface area contributed by atoms with Gasteiger partial charge in [-0.3, -0.25) is 4.21 Å². The minimum Gasteiger partial charge on any atom is -0.467 e. The van der Waals surface area contributed by atoms with Gasteiger partial charge in [-0.1, -0.05) is 30.3 Å². The molecular formula is C16H21NO2S. The van der Waals surface area contributed by atoms with Crippen LogP contribution in [0.1, 0.15) is 30.7 Å². The normalized spacial score (nSPS) is 15.7. The molecule has 2 rings (SSSR count). The third-order valence-corrected chi connectivity index (χ3v) is 4.06. The van der Waals surface area contributed by atoms with Crippen LogP contribution < -0.4 is 5.32 Å². The largest absolute Gasteiger partial charge is 0.467 e. The molecule has 0 saturated carbocycles. The van der Waals surface area contributed by atoms with Gasteiger partial charge in [0.25, 0.3) is 0 Å². The van der Waals surface area contributed by atoms with E-state index in [1.165, 1.54) is 5.56 Å². The molecule has 0 aliphatic carbocycles. The Bertz CT molecular complexity index is 525. The second-order valence-electron chi connectivity index (χ2n) is 4.99. The molecule has 0 fully saturated rings. The lowest BCUT2D eigenvalue weighted by atomic mass is 10.0. The topological polar surface area (TPSA) is 42.2 Å². The van der Waals surface area contributed by atoms with E-state index in [4.69, 9.17) is 4.42 Å². The van der Waals surface area contributed by atoms with Gasteiger partial charge in [0.1, 0.15) is 5.76 Å². The van der Waals surface area contributed by atoms with Crippen molar-refractivity contribution in [1.82, 2.24) is 5.32 Å². The third kappa shape index (κ3) is 4.32. The zero-order valence-electron chi connectivity index (χ0n) is 11.9. The molecule has 1 aromatic carbocycles. The first kappa shape index (κ1) is 15.0. The minimum atomic E-state index is -0.746. The van der Waals surface area contributed by atoms with Crippen molar-refractivity contribution in [2.45, 2.75) is 25.4 Å². The van der Waals surface area contributed by atoms with Gasteiger partial charge in [0, 0.05) is 28.9 Å². The van der Waals surface area contributed by atoms with Crippen LogP contribution in [0.3, 0.4) is 0 Å². The summed E-state index contributed by atoms with van der Waals surface area (Å²) in [6.45, 7) is 2.12. The van der Waals surface area contributed by atoms with Crippen LogP contribution in [0.25, 0.3) is 0 Å². The van der Waals surface area contributed by atoms with E-state index in [0.717, 1.165) is 12.2 Å². The number of rotatable bonds is 7. The first-order valence-corrected chi connectivity index (χ1v) is 8.54. The Hall–Kier alpha value is -1.39. The molecule has 3 unspecified atom stereocenters. The summed E-state index contributed by atoms with van der Waals surface area (Å²) >= 11 is 0. The third-order valence-electron chi connectivity index (χ3n) is 3.25. The number of hydrogen-bond donors (Lipinski definition) is 1. The van der Waals surface area contributed by atoms with Gasteiger partial charge in [0.05, 0.1) is 12.3 Å². The Kier molecular flexibility index (Phi) is 5.56. The van der Waals surface area contributed by atoms with Gasteiger partial charge in [-0.2, -0.15) is 0 Å². The second kappa shape index (κ2) is 7.41. The Morgan fingerprint density at radius 3 is 2.55 bits per heavy atom. The first-order valence-electron chi connectivity index (χ1n) is 6.81. The maximum atomic E-state index is 11.2. The lowest BCUT2D eigenvalue weighted by Crippen LogP contribution is -2.32. The molecule has 108 valence electrons. The fraction of sp³-hybridized carbons (Fsp3) is 0.375. The number of hydrogen-bond acceptors (Lipinski definition) is 3. The van der Waals surface area contributed by atoms with Crippen molar-refractivity contribution >= 4 is 10.8 Å². The van der Waals surface area contributed by atoms with Crippen LogP contribution in [0.4, 0.5) is 0 Å². The smallest absolute Gasteiger partial charge is 0.125 e. The second-order valence-corrected chi connectivity index (χ2v) is 6.55. The molecule has 4 heteroatoms. The summed E-state index contributed by atoms with van der Waals surface area (Å²) in [6, 6.07) is 14.4. The molecule has 1 N–H and O–H groups in total. The van der Waals surface area contributed by atoms with E-state index >= 15 is 0 Å². The summed E-state index contributed by atoms with van der Waals surface area (Å²) in [6.07, 6.45) is 4.32. The molecule has 0 saturated heterocycles. The SMILES string of the molecule is CC(CCS(C)=O)NC(c1ccccc1)c1ccco1. The number of furan rings is 1. The molecule has 0 spiro atoms. The Labute approximate surface area is 122 Å². The highest BCUT2D eigenvalue weighted by atomic mass is 32.2. The maximum absolute atomic E-state index is 11.2. The fourth-order valence-electron chi connectivity index (χ4n) is 2.15. The molecule has 0 aliphatic heterocycles. The van der Waals surface area contributed by atoms with Gasteiger partial charge < -0.3 is 9.73 Å². The van der Waals surface area contributed by atoms with Crippen LogP contribution in [0.2, 0.25) is 0 Å². The Morgan fingerprint density at radius 2 is 1.95 bits per heavy atom. The van der Waals surface area contributed by atoms with Gasteiger partial charge >= 0.3 is 0 Å². The Morgan fingerprint density at radius 1 is 1.20 bits per heavy atom. The number of nitrogens with one attached hydrogen (secondary N) is 1. The molecule has 1 aromatic heterocycles. The van der Waals surface area contributed by atoms with Crippen LogP contribution in [0, 0.1) is 0 Å². The first-order chi connectivity index (χ1) is 9.66. The quantitative estimate of drug-likeness (QED) is 0.852. The van der Waals surface area contributed by atoms with Crippen LogP contribution in [0.15, 0.2) is 53.1 Å². The van der Waals surface area contributed by atoms with Crippen LogP contribution in [-0.4, -0.2) is 22.3 Å². The van der Waals surface area contributed by atoms with Crippen LogP contribution >= 0.6 is 0 Å². The summed E-state index contributed by atoms with van der Waals surface area (Å²) in [4.78, 5) is 0. The van der Waals surface area contributed by atoms with Crippen LogP contribution in [-0.2, 0) is 10.8 Å². The summed E-state index contributed by atoms with van der Waals surface area (Å²) < 4.78 is 16.8. The van der Waals surface area contributed by atoms with E-state index in [1.807, 2.05) is 30.3 Å². The van der Waals surface area contributed by atoms with E-state index in [1.54, 1.807) is 12.5 Å². The molecule has 3 nitrogen and oxygen atoms in total. The average molecular weight is 291 g/mol. The van der Waals surface area contributed by atoms with Gasteiger partial charge in [-0.15, -0.1) is 0 Å². The predicted molar refractivity (Wildman–Crippen MR) is 83.1 cm³/mol. The zero-order chi connectivity index (χ0) is 14.4. The van der Waals surface area contributed by atoms with E-state index in [-0.39, 0.29) is 12.1 Å². The van der Waals surface area contributed by atoms with Crippen LogP contribution in [0.5, 0.6) is 0 Å². The van der Waals surface area contributed by atoms with Crippen molar-refractivity contribution in [2.75, 3.05) is 12.0 Å². The van der Waals surface area contributed by atoms with Crippen molar-refractivity contribution in [2.24, 2.45) is 0 Å². The average Bonchev–Trinajstić information content (AvgIpc) is 2.97. The molecule has 20 heavy (non-hydrogen) atoms. The molecular weight excluding hydrogens is 270 g/mol. The summed E-state index contributed by atoms with van der Waals surface area (Å²) in [7, 11) is -0.746. The summed E-state index contributed by atoms with van der Waals surface area (Å²) in [5.74, 6) is 1.62. The lowest BCUT2D eigenvalue weighted by Gasteiger charge is -2.22. The molecule has 0 amide bonds. The maximum Gasteiger partial charge on any atom is 0.125 e. The van der Waals surface area contributed by atoms with Crippen molar-refractivity contribution in [3.63, 3.8) is 0 Å². The molecule has 1 heterocycles. The fourth-order valence-corrected chi connectivity index (χ4v) is 2.84. The monoisotopic (exact) mass is 291 g/mol. The minimum absolute atomic E-state index is 0.0338. The molecule has 3 atom stereocenters. The van der Waals surface area contributed by atoms with Gasteiger partial charge in [-0.25, -0.2) is 0 Å². The molecule has 0 radical (unpaired) electrons. The molecule has 0 bridgehead atoms. The Balaban J connectivity index is 2.10. The van der Waals surface area contributed by atoms with Crippen molar-refractivity contribution < 1.29 is 8.63 Å². The van der Waals surface area contributed by atoms with Crippen molar-refractivity contribution in [3.05, 3.63) is 60.1 Å². The van der Waals surface area contributed by atoms with Gasteiger partial charge in [-0.05, 0) is 31.0 Å². The standard InChI is InChI=1S/C16H21NO2S/c1-13(10-12-20(2)18)17-16(15-9-6-11-19-15)14-7-4-3-5-8-14/h3-9,11,13,16-17H,10,12H2,1-2H3. The van der Waals surface area contributed by atoms with E-state index in [2.05, 4.69) is 24.4 Å². The van der Waals surface area contributed by atoms with Gasteiger partial charge in [0.15, 0.2) is 0 Å². The van der Waals surface area contributed by atoms with E-state index < -0.39 is 10.8 Å². The molecule has 0 aliphatic rings. The van der Waals surface area contributed by atoms with Gasteiger partial charge in [0.2, 0.25) is 0 Å².